The maximum atomic E-state index is 11.5. The van der Waals surface area contributed by atoms with Crippen molar-refractivity contribution >= 4 is 5.97 Å². The van der Waals surface area contributed by atoms with E-state index in [-0.39, 0.29) is 0 Å². The van der Waals surface area contributed by atoms with Crippen molar-refractivity contribution in [3.8, 4) is 0 Å². The van der Waals surface area contributed by atoms with Crippen molar-refractivity contribution in [2.45, 2.75) is 43.9 Å². The Morgan fingerprint density at radius 3 is 2.62 bits per heavy atom. The average molecular weight is 216 g/mol. The minimum Gasteiger partial charge on any atom is -0.481 e. The number of benzene rings is 1. The Balaban J connectivity index is 2.13. The van der Waals surface area contributed by atoms with E-state index in [9.17, 15) is 9.90 Å². The van der Waals surface area contributed by atoms with Crippen molar-refractivity contribution in [1.29, 1.82) is 0 Å². The fourth-order valence-corrected chi connectivity index (χ4v) is 3.20. The van der Waals surface area contributed by atoms with Gasteiger partial charge in [-0.3, -0.25) is 4.79 Å². The zero-order valence-corrected chi connectivity index (χ0v) is 9.33. The fourth-order valence-electron chi connectivity index (χ4n) is 3.20. The molecule has 0 radical (unpaired) electrons. The second-order valence-corrected chi connectivity index (χ2v) is 5.04. The van der Waals surface area contributed by atoms with Gasteiger partial charge in [-0.15, -0.1) is 0 Å². The van der Waals surface area contributed by atoms with E-state index in [2.05, 4.69) is 6.07 Å². The molecule has 0 spiro atoms. The van der Waals surface area contributed by atoms with Crippen molar-refractivity contribution in [2.24, 2.45) is 0 Å². The molecule has 2 aliphatic rings. The largest absolute Gasteiger partial charge is 0.481 e. The third-order valence-corrected chi connectivity index (χ3v) is 4.28. The molecule has 1 aromatic rings. The Bertz CT molecular complexity index is 444. The molecule has 0 aliphatic heterocycles. The average Bonchev–Trinajstić information content (AvgIpc) is 2.63. The fraction of sp³-hybridized carbons (Fsp3) is 0.500. The summed E-state index contributed by atoms with van der Waals surface area (Å²) in [5, 5.41) is 9.47. The summed E-state index contributed by atoms with van der Waals surface area (Å²) in [6.45, 7) is 0. The van der Waals surface area contributed by atoms with Crippen LogP contribution in [0.5, 0.6) is 0 Å². The summed E-state index contributed by atoms with van der Waals surface area (Å²) in [6.07, 6.45) is 6.06. The van der Waals surface area contributed by atoms with Gasteiger partial charge in [-0.25, -0.2) is 0 Å². The topological polar surface area (TPSA) is 37.3 Å². The molecule has 0 atom stereocenters. The van der Waals surface area contributed by atoms with Crippen LogP contribution in [0, 0.1) is 0 Å². The molecule has 2 nitrogen and oxygen atoms in total. The van der Waals surface area contributed by atoms with Crippen LogP contribution in [0.3, 0.4) is 0 Å². The Kier molecular flexibility index (Phi) is 2.06. The van der Waals surface area contributed by atoms with Crippen molar-refractivity contribution in [2.75, 3.05) is 0 Å². The summed E-state index contributed by atoms with van der Waals surface area (Å²) in [5.74, 6) is -0.626. The van der Waals surface area contributed by atoms with Gasteiger partial charge >= 0.3 is 5.97 Å². The molecule has 1 N–H and O–H groups in total. The second-order valence-electron chi connectivity index (χ2n) is 5.04. The number of hydrogen-bond donors (Lipinski definition) is 1. The first-order valence-corrected chi connectivity index (χ1v) is 6.09. The Hall–Kier alpha value is -1.31. The van der Waals surface area contributed by atoms with Crippen LogP contribution in [0.1, 0.15) is 42.4 Å². The summed E-state index contributed by atoms with van der Waals surface area (Å²) in [5.41, 5.74) is 3.28. The second kappa shape index (κ2) is 3.34. The number of carboxylic acid groups (broad SMARTS) is 1. The van der Waals surface area contributed by atoms with E-state index < -0.39 is 11.4 Å². The molecule has 3 rings (SSSR count). The summed E-state index contributed by atoms with van der Waals surface area (Å²) in [7, 11) is 0. The lowest BCUT2D eigenvalue weighted by Crippen LogP contribution is -2.43. The molecule has 1 saturated carbocycles. The number of carbonyl (C=O) groups is 1. The molecule has 0 heterocycles. The van der Waals surface area contributed by atoms with Crippen LogP contribution in [0.25, 0.3) is 0 Å². The summed E-state index contributed by atoms with van der Waals surface area (Å²) in [6, 6.07) is 6.22. The molecule has 1 aromatic carbocycles. The lowest BCUT2D eigenvalue weighted by Gasteiger charge is -2.39. The number of carboxylic acids is 1. The van der Waals surface area contributed by atoms with E-state index in [4.69, 9.17) is 0 Å². The third-order valence-electron chi connectivity index (χ3n) is 4.28. The first kappa shape index (κ1) is 9.88. The summed E-state index contributed by atoms with van der Waals surface area (Å²) >= 11 is 0. The van der Waals surface area contributed by atoms with Crippen LogP contribution in [-0.4, -0.2) is 11.1 Å². The quantitative estimate of drug-likeness (QED) is 0.825. The third kappa shape index (κ3) is 1.16. The zero-order chi connectivity index (χ0) is 11.2. The van der Waals surface area contributed by atoms with E-state index in [1.807, 2.05) is 12.1 Å². The molecule has 84 valence electrons. The monoisotopic (exact) mass is 216 g/mol. The molecule has 0 amide bonds. The lowest BCUT2D eigenvalue weighted by atomic mass is 9.63. The minimum absolute atomic E-state index is 0.546. The van der Waals surface area contributed by atoms with E-state index in [0.717, 1.165) is 37.7 Å². The SMILES string of the molecule is O=C(O)C1(c2cccc3c2CCC3)CCC1. The summed E-state index contributed by atoms with van der Waals surface area (Å²) < 4.78 is 0. The van der Waals surface area contributed by atoms with Gasteiger partial charge in [0.1, 0.15) is 0 Å². The molecule has 0 saturated heterocycles. The van der Waals surface area contributed by atoms with E-state index in [1.165, 1.54) is 17.5 Å². The smallest absolute Gasteiger partial charge is 0.314 e. The maximum Gasteiger partial charge on any atom is 0.314 e. The van der Waals surface area contributed by atoms with Gasteiger partial charge in [0.05, 0.1) is 5.41 Å². The molecule has 0 bridgehead atoms. The first-order chi connectivity index (χ1) is 7.74. The molecule has 2 heteroatoms. The maximum absolute atomic E-state index is 11.5. The van der Waals surface area contributed by atoms with Gasteiger partial charge in [-0.1, -0.05) is 24.6 Å². The minimum atomic E-state index is -0.626. The van der Waals surface area contributed by atoms with Crippen LogP contribution >= 0.6 is 0 Å². The Morgan fingerprint density at radius 2 is 2.00 bits per heavy atom. The van der Waals surface area contributed by atoms with E-state index in [0.29, 0.717) is 0 Å². The number of fused-ring (bicyclic) bond motifs is 1. The Labute approximate surface area is 95.3 Å². The number of rotatable bonds is 2. The molecule has 0 aromatic heterocycles. The lowest BCUT2D eigenvalue weighted by molar-refractivity contribution is -0.147. The van der Waals surface area contributed by atoms with Crippen molar-refractivity contribution in [3.05, 3.63) is 34.9 Å². The molecule has 1 fully saturated rings. The Morgan fingerprint density at radius 1 is 1.19 bits per heavy atom. The van der Waals surface area contributed by atoms with Crippen molar-refractivity contribution in [1.82, 2.24) is 0 Å². The predicted octanol–water partition coefficient (Wildman–Crippen LogP) is 2.68. The van der Waals surface area contributed by atoms with Gasteiger partial charge in [-0.2, -0.15) is 0 Å². The van der Waals surface area contributed by atoms with Gasteiger partial charge in [0.25, 0.3) is 0 Å². The predicted molar refractivity (Wildman–Crippen MR) is 61.6 cm³/mol. The molecular formula is C14H16O2. The van der Waals surface area contributed by atoms with Crippen LogP contribution in [0.4, 0.5) is 0 Å². The van der Waals surface area contributed by atoms with E-state index in [1.54, 1.807) is 0 Å². The van der Waals surface area contributed by atoms with Gasteiger partial charge in [0.15, 0.2) is 0 Å². The molecular weight excluding hydrogens is 200 g/mol. The van der Waals surface area contributed by atoms with Crippen LogP contribution in [-0.2, 0) is 23.1 Å². The van der Waals surface area contributed by atoms with Gasteiger partial charge in [-0.05, 0) is 48.8 Å². The highest BCUT2D eigenvalue weighted by atomic mass is 16.4. The van der Waals surface area contributed by atoms with E-state index >= 15 is 0 Å². The standard InChI is InChI=1S/C14H16O2/c15-13(16)14(8-3-9-14)12-7-2-5-10-4-1-6-11(10)12/h2,5,7H,1,3-4,6,8-9H2,(H,15,16). The highest BCUT2D eigenvalue weighted by Crippen LogP contribution is 2.46. The van der Waals surface area contributed by atoms with Crippen LogP contribution in [0.15, 0.2) is 18.2 Å². The number of hydrogen-bond acceptors (Lipinski definition) is 1. The van der Waals surface area contributed by atoms with Crippen molar-refractivity contribution in [3.63, 3.8) is 0 Å². The first-order valence-electron chi connectivity index (χ1n) is 6.09. The van der Waals surface area contributed by atoms with Crippen molar-refractivity contribution < 1.29 is 9.90 Å². The molecule has 2 aliphatic carbocycles. The van der Waals surface area contributed by atoms with Gasteiger partial charge in [0.2, 0.25) is 0 Å². The van der Waals surface area contributed by atoms with Gasteiger partial charge < -0.3 is 5.11 Å². The normalized spacial score (nSPS) is 21.2. The molecule has 16 heavy (non-hydrogen) atoms. The summed E-state index contributed by atoms with van der Waals surface area (Å²) in [4.78, 5) is 11.5. The highest BCUT2D eigenvalue weighted by molar-refractivity contribution is 5.83. The van der Waals surface area contributed by atoms with Gasteiger partial charge in [0, 0.05) is 0 Å². The zero-order valence-electron chi connectivity index (χ0n) is 9.33. The number of aryl methyl sites for hydroxylation is 1. The number of aliphatic carboxylic acids is 1. The molecule has 0 unspecified atom stereocenters. The van der Waals surface area contributed by atoms with Crippen LogP contribution < -0.4 is 0 Å². The van der Waals surface area contributed by atoms with Crippen LogP contribution in [0.2, 0.25) is 0 Å². The highest BCUT2D eigenvalue weighted by Gasteiger charge is 2.47.